The van der Waals surface area contributed by atoms with E-state index in [0.717, 1.165) is 11.5 Å². The molecule has 1 rings (SSSR count). The van der Waals surface area contributed by atoms with E-state index in [-0.39, 0.29) is 0 Å². The topological polar surface area (TPSA) is 0 Å². The van der Waals surface area contributed by atoms with Crippen LogP contribution in [0.4, 0.5) is 0 Å². The van der Waals surface area contributed by atoms with Crippen LogP contribution in [-0.2, 0) is 0 Å². The Morgan fingerprint density at radius 3 is 1.52 bits per heavy atom. The standard InChI is InChI=1S/C11H14.C8H18.3C2H6/c1-8(2)11-6-5-9(3)10(4)7-11;1-4-6-8(3)7-5-2;3*1-2/h5-7H,1H2,2-4H3;8H,4-7H2,1-3H3;3*1-2H3. The molecule has 1 aromatic rings. The second kappa shape index (κ2) is 25.2. The number of aryl methyl sites for hydroxylation is 2. The average molecular weight is 351 g/mol. The highest BCUT2D eigenvalue weighted by molar-refractivity contribution is 5.62. The van der Waals surface area contributed by atoms with Crippen LogP contribution in [0.1, 0.15) is 112 Å². The predicted molar refractivity (Wildman–Crippen MR) is 124 cm³/mol. The molecule has 0 amide bonds. The zero-order valence-corrected chi connectivity index (χ0v) is 19.8. The molecule has 0 aliphatic heterocycles. The molecule has 0 unspecified atom stereocenters. The molecule has 0 aliphatic rings. The summed E-state index contributed by atoms with van der Waals surface area (Å²) in [6, 6.07) is 6.43. The Kier molecular flexibility index (Phi) is 32.0. The SMILES string of the molecule is C=C(C)c1ccc(C)c(C)c1.CC.CC.CC.CCCC(C)CCC. The van der Waals surface area contributed by atoms with Crippen LogP contribution in [-0.4, -0.2) is 0 Å². The minimum atomic E-state index is 0.963. The maximum absolute atomic E-state index is 3.90. The van der Waals surface area contributed by atoms with Crippen molar-refractivity contribution in [2.75, 3.05) is 0 Å². The molecule has 0 aromatic heterocycles. The van der Waals surface area contributed by atoms with Gasteiger partial charge in [0, 0.05) is 0 Å². The quantitative estimate of drug-likeness (QED) is 0.495. The first-order chi connectivity index (χ1) is 11.9. The molecule has 0 saturated heterocycles. The van der Waals surface area contributed by atoms with Gasteiger partial charge in [-0.15, -0.1) is 0 Å². The molecule has 0 bridgehead atoms. The third kappa shape index (κ3) is 20.9. The summed E-state index contributed by atoms with van der Waals surface area (Å²) in [7, 11) is 0. The highest BCUT2D eigenvalue weighted by Crippen LogP contribution is 2.15. The molecule has 0 atom stereocenters. The van der Waals surface area contributed by atoms with Crippen LogP contribution in [0, 0.1) is 19.8 Å². The van der Waals surface area contributed by atoms with E-state index in [2.05, 4.69) is 59.4 Å². The van der Waals surface area contributed by atoms with E-state index in [0.29, 0.717) is 0 Å². The largest absolute Gasteiger partial charge is 0.0955 e. The summed E-state index contributed by atoms with van der Waals surface area (Å²) < 4.78 is 0. The predicted octanol–water partition coefficient (Wildman–Crippen LogP) is 9.64. The normalized spacial score (nSPS) is 8.36. The summed E-state index contributed by atoms with van der Waals surface area (Å²) in [6.07, 6.45) is 5.52. The van der Waals surface area contributed by atoms with Gasteiger partial charge < -0.3 is 0 Å². The molecule has 25 heavy (non-hydrogen) atoms. The van der Waals surface area contributed by atoms with Gasteiger partial charge in [-0.2, -0.15) is 0 Å². The van der Waals surface area contributed by atoms with E-state index < -0.39 is 0 Å². The summed E-state index contributed by atoms with van der Waals surface area (Å²) in [5.74, 6) is 0.963. The van der Waals surface area contributed by atoms with Gasteiger partial charge in [0.15, 0.2) is 0 Å². The van der Waals surface area contributed by atoms with Gasteiger partial charge >= 0.3 is 0 Å². The van der Waals surface area contributed by atoms with Gasteiger partial charge in [0.25, 0.3) is 0 Å². The minimum Gasteiger partial charge on any atom is -0.0955 e. The number of allylic oxidation sites excluding steroid dienone is 1. The molecule has 0 fully saturated rings. The van der Waals surface area contributed by atoms with Crippen molar-refractivity contribution in [3.05, 3.63) is 41.5 Å². The Labute approximate surface area is 162 Å². The third-order valence-corrected chi connectivity index (χ3v) is 3.56. The van der Waals surface area contributed by atoms with Gasteiger partial charge in [-0.1, -0.05) is 118 Å². The van der Waals surface area contributed by atoms with Crippen LogP contribution >= 0.6 is 0 Å². The molecule has 0 heteroatoms. The average Bonchev–Trinajstić information content (AvgIpc) is 2.63. The van der Waals surface area contributed by atoms with Gasteiger partial charge in [0.05, 0.1) is 0 Å². The zero-order chi connectivity index (χ0) is 20.8. The minimum absolute atomic E-state index is 0.963. The second-order valence-corrected chi connectivity index (χ2v) is 5.76. The maximum Gasteiger partial charge on any atom is -0.0230 e. The van der Waals surface area contributed by atoms with Gasteiger partial charge in [-0.3, -0.25) is 0 Å². The molecule has 0 heterocycles. The van der Waals surface area contributed by atoms with Crippen LogP contribution in [0.3, 0.4) is 0 Å². The van der Waals surface area contributed by atoms with Crippen LogP contribution in [0.25, 0.3) is 5.57 Å². The van der Waals surface area contributed by atoms with Crippen molar-refractivity contribution in [1.29, 1.82) is 0 Å². The molecule has 1 aromatic carbocycles. The third-order valence-electron chi connectivity index (χ3n) is 3.56. The van der Waals surface area contributed by atoms with Crippen molar-refractivity contribution in [2.45, 2.75) is 109 Å². The van der Waals surface area contributed by atoms with Crippen molar-refractivity contribution in [2.24, 2.45) is 5.92 Å². The summed E-state index contributed by atoms with van der Waals surface area (Å²) in [4.78, 5) is 0. The Morgan fingerprint density at radius 2 is 1.24 bits per heavy atom. The van der Waals surface area contributed by atoms with Crippen LogP contribution in [0.2, 0.25) is 0 Å². The Bertz CT molecular complexity index is 368. The van der Waals surface area contributed by atoms with Gasteiger partial charge in [-0.05, 0) is 43.4 Å². The molecular formula is C25H50. The van der Waals surface area contributed by atoms with Gasteiger partial charge in [-0.25, -0.2) is 0 Å². The van der Waals surface area contributed by atoms with Crippen LogP contribution in [0.15, 0.2) is 24.8 Å². The lowest BCUT2D eigenvalue weighted by molar-refractivity contribution is 0.480. The molecule has 0 radical (unpaired) electrons. The van der Waals surface area contributed by atoms with Gasteiger partial charge in [0.1, 0.15) is 0 Å². The molecule has 0 N–H and O–H groups in total. The molecule has 150 valence electrons. The lowest BCUT2D eigenvalue weighted by Gasteiger charge is -2.05. The van der Waals surface area contributed by atoms with E-state index in [1.165, 1.54) is 42.4 Å². The van der Waals surface area contributed by atoms with Crippen molar-refractivity contribution in [3.63, 3.8) is 0 Å². The highest BCUT2D eigenvalue weighted by atomic mass is 14.0. The summed E-state index contributed by atoms with van der Waals surface area (Å²) in [6.45, 7) is 29.0. The maximum atomic E-state index is 3.90. The molecule has 0 spiro atoms. The van der Waals surface area contributed by atoms with E-state index in [9.17, 15) is 0 Å². The van der Waals surface area contributed by atoms with E-state index in [4.69, 9.17) is 0 Å². The lowest BCUT2D eigenvalue weighted by Crippen LogP contribution is -1.91. The van der Waals surface area contributed by atoms with E-state index >= 15 is 0 Å². The lowest BCUT2D eigenvalue weighted by atomic mass is 10.0. The number of benzene rings is 1. The first-order valence-corrected chi connectivity index (χ1v) is 10.6. The fourth-order valence-corrected chi connectivity index (χ4v) is 2.14. The number of hydrogen-bond acceptors (Lipinski definition) is 0. The Hall–Kier alpha value is -1.04. The molecule has 0 saturated carbocycles. The Balaban J connectivity index is -0.000000139. The van der Waals surface area contributed by atoms with Crippen molar-refractivity contribution >= 4 is 5.57 Å². The summed E-state index contributed by atoms with van der Waals surface area (Å²) in [5, 5.41) is 0. The first kappa shape index (κ1) is 31.7. The fourth-order valence-electron chi connectivity index (χ4n) is 2.14. The smallest absolute Gasteiger partial charge is 0.0230 e. The van der Waals surface area contributed by atoms with Crippen LogP contribution < -0.4 is 0 Å². The van der Waals surface area contributed by atoms with Crippen LogP contribution in [0.5, 0.6) is 0 Å². The summed E-state index contributed by atoms with van der Waals surface area (Å²) in [5.41, 5.74) is 5.06. The monoisotopic (exact) mass is 350 g/mol. The summed E-state index contributed by atoms with van der Waals surface area (Å²) >= 11 is 0. The molecule has 0 aliphatic carbocycles. The van der Waals surface area contributed by atoms with Crippen molar-refractivity contribution in [1.82, 2.24) is 0 Å². The first-order valence-electron chi connectivity index (χ1n) is 10.6. The molecular weight excluding hydrogens is 300 g/mol. The zero-order valence-electron chi connectivity index (χ0n) is 19.8. The molecule has 0 nitrogen and oxygen atoms in total. The second-order valence-electron chi connectivity index (χ2n) is 5.76. The van der Waals surface area contributed by atoms with Crippen molar-refractivity contribution in [3.8, 4) is 0 Å². The van der Waals surface area contributed by atoms with E-state index in [1.807, 2.05) is 48.5 Å². The van der Waals surface area contributed by atoms with Gasteiger partial charge in [0.2, 0.25) is 0 Å². The fraction of sp³-hybridized carbons (Fsp3) is 0.680. The van der Waals surface area contributed by atoms with Crippen molar-refractivity contribution < 1.29 is 0 Å². The number of hydrogen-bond donors (Lipinski definition) is 0. The Morgan fingerprint density at radius 1 is 0.840 bits per heavy atom. The number of rotatable bonds is 5. The van der Waals surface area contributed by atoms with E-state index in [1.54, 1.807) is 0 Å². The highest BCUT2D eigenvalue weighted by Gasteiger charge is 1.96.